The molecule has 1 N–H and O–H groups in total. The van der Waals surface area contributed by atoms with E-state index >= 15 is 0 Å². The minimum absolute atomic E-state index is 0.636. The Labute approximate surface area is 126 Å². The van der Waals surface area contributed by atoms with Gasteiger partial charge in [-0.3, -0.25) is 0 Å². The van der Waals surface area contributed by atoms with Crippen molar-refractivity contribution in [3.8, 4) is 17.4 Å². The molecular weight excluding hydrogens is 264 g/mol. The van der Waals surface area contributed by atoms with Gasteiger partial charge in [0.2, 0.25) is 5.88 Å². The summed E-state index contributed by atoms with van der Waals surface area (Å²) in [6.45, 7) is 5.62. The van der Waals surface area contributed by atoms with Gasteiger partial charge in [0.25, 0.3) is 0 Å². The zero-order chi connectivity index (χ0) is 15.1. The molecule has 0 saturated heterocycles. The van der Waals surface area contributed by atoms with Gasteiger partial charge < -0.3 is 14.8 Å². The van der Waals surface area contributed by atoms with E-state index in [-0.39, 0.29) is 0 Å². The highest BCUT2D eigenvalue weighted by Gasteiger charge is 2.05. The highest BCUT2D eigenvalue weighted by molar-refractivity contribution is 5.36. The van der Waals surface area contributed by atoms with E-state index in [0.717, 1.165) is 42.2 Å². The van der Waals surface area contributed by atoms with Crippen LogP contribution in [0.5, 0.6) is 17.4 Å². The van der Waals surface area contributed by atoms with Crippen LogP contribution in [0.25, 0.3) is 0 Å². The maximum absolute atomic E-state index is 5.81. The van der Waals surface area contributed by atoms with Gasteiger partial charge in [0.15, 0.2) is 0 Å². The molecule has 0 fully saturated rings. The number of aromatic nitrogens is 1. The van der Waals surface area contributed by atoms with E-state index in [9.17, 15) is 0 Å². The van der Waals surface area contributed by atoms with Crippen LogP contribution in [-0.4, -0.2) is 18.6 Å². The number of ether oxygens (including phenoxy) is 2. The van der Waals surface area contributed by atoms with Crippen molar-refractivity contribution in [2.24, 2.45) is 0 Å². The number of hydrogen-bond acceptors (Lipinski definition) is 4. The number of benzene rings is 1. The summed E-state index contributed by atoms with van der Waals surface area (Å²) in [5.41, 5.74) is 2.17. The molecule has 4 heteroatoms. The Hall–Kier alpha value is -2.07. The van der Waals surface area contributed by atoms with Crippen molar-refractivity contribution in [1.82, 2.24) is 10.3 Å². The molecule has 0 amide bonds. The predicted octanol–water partition coefficient (Wildman–Crippen LogP) is 3.69. The fourth-order valence-electron chi connectivity index (χ4n) is 1.96. The first-order valence-corrected chi connectivity index (χ1v) is 7.23. The van der Waals surface area contributed by atoms with Crippen molar-refractivity contribution in [1.29, 1.82) is 0 Å². The van der Waals surface area contributed by atoms with E-state index in [4.69, 9.17) is 9.47 Å². The fraction of sp³-hybridized carbons (Fsp3) is 0.353. The molecule has 21 heavy (non-hydrogen) atoms. The van der Waals surface area contributed by atoms with E-state index in [1.54, 1.807) is 0 Å². The quantitative estimate of drug-likeness (QED) is 0.843. The van der Waals surface area contributed by atoms with Gasteiger partial charge >= 0.3 is 0 Å². The monoisotopic (exact) mass is 286 g/mol. The van der Waals surface area contributed by atoms with Crippen LogP contribution >= 0.6 is 0 Å². The Bertz CT molecular complexity index is 568. The summed E-state index contributed by atoms with van der Waals surface area (Å²) in [5.74, 6) is 2.26. The van der Waals surface area contributed by atoms with Gasteiger partial charge in [0, 0.05) is 18.3 Å². The van der Waals surface area contributed by atoms with Gasteiger partial charge in [-0.25, -0.2) is 4.98 Å². The van der Waals surface area contributed by atoms with E-state index < -0.39 is 0 Å². The van der Waals surface area contributed by atoms with Crippen molar-refractivity contribution >= 4 is 0 Å². The van der Waals surface area contributed by atoms with Crippen LogP contribution in [0.2, 0.25) is 0 Å². The molecule has 112 valence electrons. The van der Waals surface area contributed by atoms with E-state index in [1.165, 1.54) is 0 Å². The average Bonchev–Trinajstić information content (AvgIpc) is 2.49. The molecule has 0 aliphatic carbocycles. The standard InChI is InChI=1S/C17H22N2O2/c1-4-9-20-15-5-7-16(8-6-15)21-17-13(2)10-14(11-18-3)12-19-17/h5-8,10,12,18H,4,9,11H2,1-3H3. The minimum Gasteiger partial charge on any atom is -0.494 e. The first-order chi connectivity index (χ1) is 10.2. The van der Waals surface area contributed by atoms with Crippen molar-refractivity contribution in [3.63, 3.8) is 0 Å². The molecule has 1 heterocycles. The second-order valence-corrected chi connectivity index (χ2v) is 4.92. The van der Waals surface area contributed by atoms with Crippen LogP contribution in [0.4, 0.5) is 0 Å². The van der Waals surface area contributed by atoms with Crippen LogP contribution in [0.15, 0.2) is 36.5 Å². The van der Waals surface area contributed by atoms with E-state index in [1.807, 2.05) is 44.4 Å². The van der Waals surface area contributed by atoms with E-state index in [2.05, 4.69) is 23.3 Å². The molecule has 0 radical (unpaired) electrons. The number of hydrogen-bond donors (Lipinski definition) is 1. The summed E-state index contributed by atoms with van der Waals surface area (Å²) in [7, 11) is 1.92. The SMILES string of the molecule is CCCOc1ccc(Oc2ncc(CNC)cc2C)cc1. The molecule has 0 saturated carbocycles. The summed E-state index contributed by atoms with van der Waals surface area (Å²) in [6.07, 6.45) is 2.83. The topological polar surface area (TPSA) is 43.4 Å². The molecule has 0 bridgehead atoms. The van der Waals surface area contributed by atoms with E-state index in [0.29, 0.717) is 5.88 Å². The smallest absolute Gasteiger partial charge is 0.222 e. The number of aryl methyl sites for hydroxylation is 1. The van der Waals surface area contributed by atoms with Gasteiger partial charge in [-0.1, -0.05) is 6.92 Å². The summed E-state index contributed by atoms with van der Waals surface area (Å²) in [4.78, 5) is 4.37. The van der Waals surface area contributed by atoms with Gasteiger partial charge in [0.05, 0.1) is 6.61 Å². The van der Waals surface area contributed by atoms with Gasteiger partial charge in [-0.05, 0) is 56.3 Å². The third kappa shape index (κ3) is 4.46. The Morgan fingerprint density at radius 2 is 1.86 bits per heavy atom. The van der Waals surface area contributed by atoms with Crippen molar-refractivity contribution in [3.05, 3.63) is 47.7 Å². The average molecular weight is 286 g/mol. The lowest BCUT2D eigenvalue weighted by Gasteiger charge is -2.10. The maximum atomic E-state index is 5.81. The molecule has 2 rings (SSSR count). The summed E-state index contributed by atoms with van der Waals surface area (Å²) < 4.78 is 11.4. The number of pyridine rings is 1. The lowest BCUT2D eigenvalue weighted by molar-refractivity contribution is 0.317. The summed E-state index contributed by atoms with van der Waals surface area (Å²) in [5, 5.41) is 3.11. The highest BCUT2D eigenvalue weighted by Crippen LogP contribution is 2.25. The zero-order valence-corrected chi connectivity index (χ0v) is 12.8. The Kier molecular flexibility index (Phi) is 5.58. The minimum atomic E-state index is 0.636. The van der Waals surface area contributed by atoms with Gasteiger partial charge in [0.1, 0.15) is 11.5 Å². The normalized spacial score (nSPS) is 10.4. The summed E-state index contributed by atoms with van der Waals surface area (Å²) >= 11 is 0. The molecule has 4 nitrogen and oxygen atoms in total. The maximum Gasteiger partial charge on any atom is 0.222 e. The number of nitrogens with one attached hydrogen (secondary N) is 1. The Balaban J connectivity index is 2.04. The highest BCUT2D eigenvalue weighted by atomic mass is 16.5. The largest absolute Gasteiger partial charge is 0.494 e. The second-order valence-electron chi connectivity index (χ2n) is 4.92. The van der Waals surface area contributed by atoms with Crippen LogP contribution in [0, 0.1) is 6.92 Å². The Morgan fingerprint density at radius 3 is 2.48 bits per heavy atom. The molecule has 1 aromatic carbocycles. The predicted molar refractivity (Wildman–Crippen MR) is 84.0 cm³/mol. The van der Waals surface area contributed by atoms with Crippen molar-refractivity contribution < 1.29 is 9.47 Å². The third-order valence-corrected chi connectivity index (χ3v) is 2.98. The Morgan fingerprint density at radius 1 is 1.14 bits per heavy atom. The van der Waals surface area contributed by atoms with Crippen LogP contribution < -0.4 is 14.8 Å². The lowest BCUT2D eigenvalue weighted by Crippen LogP contribution is -2.06. The zero-order valence-electron chi connectivity index (χ0n) is 12.8. The second kappa shape index (κ2) is 7.64. The molecule has 0 aliphatic rings. The molecule has 1 aromatic heterocycles. The van der Waals surface area contributed by atoms with Gasteiger partial charge in [-0.2, -0.15) is 0 Å². The first-order valence-electron chi connectivity index (χ1n) is 7.23. The van der Waals surface area contributed by atoms with Crippen molar-refractivity contribution in [2.75, 3.05) is 13.7 Å². The van der Waals surface area contributed by atoms with Crippen LogP contribution in [-0.2, 0) is 6.54 Å². The molecule has 0 aliphatic heterocycles. The first kappa shape index (κ1) is 15.3. The third-order valence-electron chi connectivity index (χ3n) is 2.98. The lowest BCUT2D eigenvalue weighted by atomic mass is 10.2. The molecule has 0 atom stereocenters. The number of rotatable bonds is 7. The van der Waals surface area contributed by atoms with Crippen molar-refractivity contribution in [2.45, 2.75) is 26.8 Å². The summed E-state index contributed by atoms with van der Waals surface area (Å²) in [6, 6.07) is 9.70. The van der Waals surface area contributed by atoms with Crippen LogP contribution in [0.3, 0.4) is 0 Å². The fourth-order valence-corrected chi connectivity index (χ4v) is 1.96. The molecule has 2 aromatic rings. The molecule has 0 unspecified atom stereocenters. The van der Waals surface area contributed by atoms with Gasteiger partial charge in [-0.15, -0.1) is 0 Å². The molecular formula is C17H22N2O2. The number of nitrogens with zero attached hydrogens (tertiary/aromatic N) is 1. The molecule has 0 spiro atoms. The van der Waals surface area contributed by atoms with Crippen LogP contribution in [0.1, 0.15) is 24.5 Å².